The van der Waals surface area contributed by atoms with E-state index in [1.165, 1.54) is 19.3 Å². The summed E-state index contributed by atoms with van der Waals surface area (Å²) in [5.41, 5.74) is 6.83. The number of aliphatic hydroxyl groups is 2. The second-order valence-electron chi connectivity index (χ2n) is 17.2. The first-order valence-electron chi connectivity index (χ1n) is 20.3. The van der Waals surface area contributed by atoms with Gasteiger partial charge in [-0.25, -0.2) is 4.79 Å². The summed E-state index contributed by atoms with van der Waals surface area (Å²) in [5.74, 6) is 2.36. The van der Waals surface area contributed by atoms with Gasteiger partial charge in [0.05, 0.1) is 24.9 Å². The average molecular weight is 744 g/mol. The van der Waals surface area contributed by atoms with Gasteiger partial charge in [-0.15, -0.1) is 0 Å². The predicted molar refractivity (Wildman–Crippen MR) is 215 cm³/mol. The summed E-state index contributed by atoms with van der Waals surface area (Å²) in [4.78, 5) is 15.4. The number of likely N-dealkylation sites (N-methyl/N-ethyl adjacent to an activating group) is 1. The van der Waals surface area contributed by atoms with Crippen LogP contribution in [0, 0.1) is 23.7 Å². The average Bonchev–Trinajstić information content (AvgIpc) is 3.20. The highest BCUT2D eigenvalue weighted by Crippen LogP contribution is 2.55. The van der Waals surface area contributed by atoms with E-state index in [1.807, 2.05) is 80.7 Å². The highest BCUT2D eigenvalue weighted by Gasteiger charge is 2.51. The molecular formula is C47H57N3O5. The van der Waals surface area contributed by atoms with Gasteiger partial charge in [-0.2, -0.15) is 0 Å². The molecule has 1 heterocycles. The van der Waals surface area contributed by atoms with Gasteiger partial charge < -0.3 is 30.3 Å². The Morgan fingerprint density at radius 2 is 1.47 bits per heavy atom. The molecule has 4 bridgehead atoms. The summed E-state index contributed by atoms with van der Waals surface area (Å²) < 4.78 is 13.6. The molecule has 2 amide bonds. The van der Waals surface area contributed by atoms with Crippen molar-refractivity contribution in [1.82, 2.24) is 15.5 Å². The molecule has 8 nitrogen and oxygen atoms in total. The Morgan fingerprint density at radius 1 is 0.818 bits per heavy atom. The molecule has 4 N–H and O–H groups in total. The van der Waals surface area contributed by atoms with Crippen LogP contribution in [0.25, 0.3) is 11.1 Å². The zero-order valence-corrected chi connectivity index (χ0v) is 32.4. The molecule has 0 unspecified atom stereocenters. The van der Waals surface area contributed by atoms with Gasteiger partial charge in [-0.3, -0.25) is 4.90 Å². The van der Waals surface area contributed by atoms with E-state index in [0.29, 0.717) is 13.1 Å². The van der Waals surface area contributed by atoms with Crippen LogP contribution in [0.2, 0.25) is 0 Å². The molecule has 4 aromatic rings. The van der Waals surface area contributed by atoms with Crippen molar-refractivity contribution in [2.45, 2.75) is 102 Å². The van der Waals surface area contributed by atoms with Gasteiger partial charge >= 0.3 is 6.03 Å². The Kier molecular flexibility index (Phi) is 11.2. The van der Waals surface area contributed by atoms with Gasteiger partial charge in [0.1, 0.15) is 0 Å². The largest absolute Gasteiger partial charge is 0.392 e. The molecule has 55 heavy (non-hydrogen) atoms. The van der Waals surface area contributed by atoms with Gasteiger partial charge in [0.15, 0.2) is 6.29 Å². The van der Waals surface area contributed by atoms with Gasteiger partial charge in [-0.1, -0.05) is 97.9 Å². The number of amides is 2. The second kappa shape index (κ2) is 16.2. The van der Waals surface area contributed by atoms with Gasteiger partial charge in [0.25, 0.3) is 0 Å². The number of benzene rings is 4. The maximum atomic E-state index is 13.2. The summed E-state index contributed by atoms with van der Waals surface area (Å²) >= 11 is 0. The fraction of sp³-hybridized carbons (Fsp3) is 0.468. The van der Waals surface area contributed by atoms with Crippen molar-refractivity contribution in [1.29, 1.82) is 0 Å². The number of hydrogen-bond donors (Lipinski definition) is 4. The standard InChI is InChI=1S/C47H57N3O5/c1-30-42(28-50(3)31(2)43(52)37-10-5-4-6-11-37)54-45(55-44(30)38-17-15-32(29-51)16-18-38)41-14-8-13-40(23-41)39-12-7-9-33(22-39)27-48-46(53)49-47-24-34-19-35(25-47)21-36(20-34)26-47/h4-18,22-23,30-31,34-36,42-45,51-52H,19-21,24-29H2,1-3H3,(H2,48,49,53)/t30-,31-,34?,35?,36?,42+,43-,44+,45+,47?/m0/s1. The van der Waals surface area contributed by atoms with E-state index in [2.05, 4.69) is 58.9 Å². The summed E-state index contributed by atoms with van der Waals surface area (Å²) in [6.45, 7) is 5.26. The molecule has 0 radical (unpaired) electrons. The number of nitrogens with one attached hydrogen (secondary N) is 2. The SMILES string of the molecule is C[C@H]1[C@@H](CN(C)[C@@H](C)[C@H](O)c2ccccc2)O[C@@H](c2cccc(-c3cccc(CNC(=O)NC45CC6CC(CC(C6)C4)C5)c3)c2)O[C@H]1c1ccc(CO)cc1. The molecule has 8 heteroatoms. The Labute approximate surface area is 326 Å². The molecule has 1 saturated heterocycles. The molecule has 0 spiro atoms. The lowest BCUT2D eigenvalue weighted by Gasteiger charge is -2.56. The molecule has 0 aromatic heterocycles. The molecule has 6 atom stereocenters. The zero-order chi connectivity index (χ0) is 38.1. The molecule has 5 aliphatic rings. The third kappa shape index (κ3) is 8.40. The number of hydrogen-bond acceptors (Lipinski definition) is 6. The highest BCUT2D eigenvalue weighted by atomic mass is 16.7. The molecule has 1 aliphatic heterocycles. The number of carbonyl (C=O) groups excluding carboxylic acids is 1. The van der Waals surface area contributed by atoms with Crippen LogP contribution in [-0.4, -0.2) is 52.4 Å². The molecule has 4 aliphatic carbocycles. The molecular weight excluding hydrogens is 687 g/mol. The Morgan fingerprint density at radius 3 is 2.15 bits per heavy atom. The number of rotatable bonds is 12. The second-order valence-corrected chi connectivity index (χ2v) is 17.2. The van der Waals surface area contributed by atoms with Gasteiger partial charge in [0.2, 0.25) is 0 Å². The minimum absolute atomic E-state index is 0.00672. The topological polar surface area (TPSA) is 103 Å². The third-order valence-electron chi connectivity index (χ3n) is 13.2. The smallest absolute Gasteiger partial charge is 0.315 e. The molecule has 5 fully saturated rings. The minimum atomic E-state index is -0.641. The number of ether oxygens (including phenoxy) is 2. The van der Waals surface area contributed by atoms with Crippen LogP contribution in [0.4, 0.5) is 4.79 Å². The highest BCUT2D eigenvalue weighted by molar-refractivity contribution is 5.75. The number of urea groups is 1. The summed E-state index contributed by atoms with van der Waals surface area (Å²) in [7, 11) is 2.04. The molecule has 290 valence electrons. The zero-order valence-electron chi connectivity index (χ0n) is 32.4. The first kappa shape index (κ1) is 37.9. The maximum Gasteiger partial charge on any atom is 0.315 e. The minimum Gasteiger partial charge on any atom is -0.392 e. The van der Waals surface area contributed by atoms with Crippen LogP contribution in [0.5, 0.6) is 0 Å². The maximum absolute atomic E-state index is 13.2. The lowest BCUT2D eigenvalue weighted by atomic mass is 9.53. The van der Waals surface area contributed by atoms with Crippen molar-refractivity contribution in [3.05, 3.63) is 131 Å². The van der Waals surface area contributed by atoms with E-state index in [-0.39, 0.29) is 42.3 Å². The van der Waals surface area contributed by atoms with E-state index in [1.54, 1.807) is 0 Å². The lowest BCUT2D eigenvalue weighted by molar-refractivity contribution is -0.276. The normalized spacial score (nSPS) is 29.5. The van der Waals surface area contributed by atoms with Crippen LogP contribution in [0.3, 0.4) is 0 Å². The van der Waals surface area contributed by atoms with Gasteiger partial charge in [-0.05, 0) is 116 Å². The number of aliphatic hydroxyl groups excluding tert-OH is 2. The lowest BCUT2D eigenvalue weighted by Crippen LogP contribution is -2.61. The van der Waals surface area contributed by atoms with E-state index < -0.39 is 12.4 Å². The monoisotopic (exact) mass is 743 g/mol. The predicted octanol–water partition coefficient (Wildman–Crippen LogP) is 8.46. The third-order valence-corrected chi connectivity index (χ3v) is 13.2. The summed E-state index contributed by atoms with van der Waals surface area (Å²) in [5, 5.41) is 27.5. The molecule has 4 saturated carbocycles. The van der Waals surface area contributed by atoms with Crippen LogP contribution in [0.15, 0.2) is 103 Å². The fourth-order valence-corrected chi connectivity index (χ4v) is 10.4. The van der Waals surface area contributed by atoms with Crippen molar-refractivity contribution in [2.24, 2.45) is 23.7 Å². The first-order chi connectivity index (χ1) is 26.6. The van der Waals surface area contributed by atoms with Gasteiger partial charge in [0, 0.05) is 36.2 Å². The Hall–Kier alpha value is -4.05. The summed E-state index contributed by atoms with van der Waals surface area (Å²) in [6, 6.07) is 34.3. The number of carbonyl (C=O) groups is 1. The van der Waals surface area contributed by atoms with Crippen molar-refractivity contribution < 1.29 is 24.5 Å². The van der Waals surface area contributed by atoms with Crippen molar-refractivity contribution in [2.75, 3.05) is 13.6 Å². The summed E-state index contributed by atoms with van der Waals surface area (Å²) in [6.07, 6.45) is 5.76. The van der Waals surface area contributed by atoms with Crippen LogP contribution < -0.4 is 10.6 Å². The van der Waals surface area contributed by atoms with E-state index >= 15 is 0 Å². The van der Waals surface area contributed by atoms with E-state index in [4.69, 9.17) is 9.47 Å². The van der Waals surface area contributed by atoms with E-state index in [9.17, 15) is 15.0 Å². The Bertz CT molecular complexity index is 1880. The first-order valence-corrected chi connectivity index (χ1v) is 20.3. The Balaban J connectivity index is 0.972. The van der Waals surface area contributed by atoms with Crippen LogP contribution in [0.1, 0.15) is 98.7 Å². The quantitative estimate of drug-likeness (QED) is 0.116. The van der Waals surface area contributed by atoms with Crippen LogP contribution >= 0.6 is 0 Å². The van der Waals surface area contributed by atoms with E-state index in [0.717, 1.165) is 76.0 Å². The molecule has 9 rings (SSSR count). The fourth-order valence-electron chi connectivity index (χ4n) is 10.4. The van der Waals surface area contributed by atoms with Crippen molar-refractivity contribution >= 4 is 6.03 Å². The van der Waals surface area contributed by atoms with Crippen LogP contribution in [-0.2, 0) is 22.6 Å². The number of nitrogens with zero attached hydrogens (tertiary/aromatic N) is 1. The van der Waals surface area contributed by atoms with Crippen molar-refractivity contribution in [3.8, 4) is 11.1 Å². The van der Waals surface area contributed by atoms with Crippen molar-refractivity contribution in [3.63, 3.8) is 0 Å². The molecule has 4 aromatic carbocycles.